The quantitative estimate of drug-likeness (QED) is 0.915. The zero-order valence-corrected chi connectivity index (χ0v) is 12.2. The largest absolute Gasteiger partial charge is 0.493 e. The Bertz CT molecular complexity index is 467. The normalized spacial score (nSPS) is 22.0. The van der Waals surface area contributed by atoms with E-state index in [9.17, 15) is 4.79 Å². The molecule has 0 aliphatic carbocycles. The summed E-state index contributed by atoms with van der Waals surface area (Å²) in [5, 5.41) is 2.79. The van der Waals surface area contributed by atoms with Crippen molar-refractivity contribution in [3.8, 4) is 17.2 Å². The molecule has 1 N–H and O–H groups in total. The number of carbonyl (C=O) groups excluding carboxylic acids is 1. The summed E-state index contributed by atoms with van der Waals surface area (Å²) in [4.78, 5) is 11.6. The molecule has 0 saturated carbocycles. The van der Waals surface area contributed by atoms with Crippen LogP contribution in [-0.2, 0) is 4.79 Å². The van der Waals surface area contributed by atoms with Crippen molar-refractivity contribution in [2.75, 3.05) is 21.3 Å². The molecule has 19 heavy (non-hydrogen) atoms. The Morgan fingerprint density at radius 3 is 2.05 bits per heavy atom. The first-order valence-corrected chi connectivity index (χ1v) is 6.80. The standard InChI is InChI=1S/C13H17NO4S/c1-7-12(15)14-13(19-7)8-5-9(16-2)11(18-4)10(6-8)17-3/h5-7,13H,1-4H3,(H,14,15)/t7-,13+/m1/s1. The van der Waals surface area contributed by atoms with Gasteiger partial charge < -0.3 is 19.5 Å². The van der Waals surface area contributed by atoms with Crippen molar-refractivity contribution in [2.45, 2.75) is 17.5 Å². The van der Waals surface area contributed by atoms with E-state index in [1.54, 1.807) is 33.1 Å². The smallest absolute Gasteiger partial charge is 0.234 e. The second kappa shape index (κ2) is 5.61. The van der Waals surface area contributed by atoms with E-state index in [1.165, 1.54) is 0 Å². The first-order chi connectivity index (χ1) is 9.10. The highest BCUT2D eigenvalue weighted by atomic mass is 32.2. The number of hydrogen-bond acceptors (Lipinski definition) is 5. The van der Waals surface area contributed by atoms with Crippen LogP contribution in [0.4, 0.5) is 0 Å². The summed E-state index contributed by atoms with van der Waals surface area (Å²) >= 11 is 1.57. The van der Waals surface area contributed by atoms with E-state index in [0.717, 1.165) is 5.56 Å². The molecule has 1 aromatic rings. The van der Waals surface area contributed by atoms with Crippen LogP contribution in [0.25, 0.3) is 0 Å². The van der Waals surface area contributed by atoms with Crippen LogP contribution in [0.1, 0.15) is 17.9 Å². The molecule has 1 saturated heterocycles. The fourth-order valence-corrected chi connectivity index (χ4v) is 3.04. The van der Waals surface area contributed by atoms with Crippen LogP contribution in [0.5, 0.6) is 17.2 Å². The molecule has 1 aromatic carbocycles. The minimum absolute atomic E-state index is 0.0451. The van der Waals surface area contributed by atoms with Crippen LogP contribution in [-0.4, -0.2) is 32.5 Å². The van der Waals surface area contributed by atoms with E-state index in [0.29, 0.717) is 17.2 Å². The van der Waals surface area contributed by atoms with Gasteiger partial charge in [0.05, 0.1) is 26.6 Å². The number of benzene rings is 1. The SMILES string of the molecule is COc1cc([C@H]2NC(=O)[C@@H](C)S2)cc(OC)c1OC. The van der Waals surface area contributed by atoms with Gasteiger partial charge in [-0.05, 0) is 24.6 Å². The van der Waals surface area contributed by atoms with Gasteiger partial charge in [0.25, 0.3) is 0 Å². The fourth-order valence-electron chi connectivity index (χ4n) is 1.96. The van der Waals surface area contributed by atoms with Gasteiger partial charge in [0, 0.05) is 0 Å². The van der Waals surface area contributed by atoms with E-state index in [1.807, 2.05) is 19.1 Å². The average molecular weight is 283 g/mol. The molecular weight excluding hydrogens is 266 g/mol. The summed E-state index contributed by atoms with van der Waals surface area (Å²) in [6, 6.07) is 3.72. The first-order valence-electron chi connectivity index (χ1n) is 5.86. The zero-order chi connectivity index (χ0) is 14.0. The second-order valence-corrected chi connectivity index (χ2v) is 5.58. The molecule has 0 aromatic heterocycles. The highest BCUT2D eigenvalue weighted by molar-refractivity contribution is 8.01. The molecule has 104 valence electrons. The molecule has 0 radical (unpaired) electrons. The van der Waals surface area contributed by atoms with Gasteiger partial charge >= 0.3 is 0 Å². The Morgan fingerprint density at radius 1 is 1.11 bits per heavy atom. The van der Waals surface area contributed by atoms with Gasteiger partial charge in [0.1, 0.15) is 5.37 Å². The molecule has 1 aliphatic rings. The van der Waals surface area contributed by atoms with Crippen molar-refractivity contribution >= 4 is 17.7 Å². The van der Waals surface area contributed by atoms with Crippen molar-refractivity contribution in [2.24, 2.45) is 0 Å². The Morgan fingerprint density at radius 2 is 1.68 bits per heavy atom. The zero-order valence-electron chi connectivity index (χ0n) is 11.4. The fraction of sp³-hybridized carbons (Fsp3) is 0.462. The van der Waals surface area contributed by atoms with Gasteiger partial charge in [-0.3, -0.25) is 4.79 Å². The molecule has 1 amide bonds. The summed E-state index contributed by atoms with van der Waals surface area (Å²) in [5.74, 6) is 1.78. The van der Waals surface area contributed by atoms with Crippen molar-refractivity contribution in [3.63, 3.8) is 0 Å². The number of methoxy groups -OCH3 is 3. The molecule has 2 rings (SSSR count). The molecule has 1 aliphatic heterocycles. The van der Waals surface area contributed by atoms with Gasteiger partial charge in [-0.2, -0.15) is 0 Å². The number of carbonyl (C=O) groups is 1. The molecule has 0 spiro atoms. The van der Waals surface area contributed by atoms with E-state index in [4.69, 9.17) is 14.2 Å². The van der Waals surface area contributed by atoms with Gasteiger partial charge in [-0.15, -0.1) is 11.8 Å². The molecular formula is C13H17NO4S. The Kier molecular flexibility index (Phi) is 4.09. The molecule has 5 nitrogen and oxygen atoms in total. The summed E-state index contributed by atoms with van der Waals surface area (Å²) < 4.78 is 15.9. The lowest BCUT2D eigenvalue weighted by Crippen LogP contribution is -2.22. The summed E-state index contributed by atoms with van der Waals surface area (Å²) in [7, 11) is 4.71. The van der Waals surface area contributed by atoms with Gasteiger partial charge in [0.2, 0.25) is 11.7 Å². The molecule has 6 heteroatoms. The lowest BCUT2D eigenvalue weighted by Gasteiger charge is -2.16. The second-order valence-electron chi connectivity index (χ2n) is 4.13. The van der Waals surface area contributed by atoms with Crippen molar-refractivity contribution in [1.82, 2.24) is 5.32 Å². The predicted octanol–water partition coefficient (Wildman–Crippen LogP) is 1.96. The highest BCUT2D eigenvalue weighted by Crippen LogP contribution is 2.43. The minimum Gasteiger partial charge on any atom is -0.493 e. The van der Waals surface area contributed by atoms with Crippen LogP contribution < -0.4 is 19.5 Å². The third-order valence-electron chi connectivity index (χ3n) is 2.97. The topological polar surface area (TPSA) is 56.8 Å². The van der Waals surface area contributed by atoms with Crippen LogP contribution >= 0.6 is 11.8 Å². The maximum absolute atomic E-state index is 11.6. The monoisotopic (exact) mass is 283 g/mol. The number of rotatable bonds is 4. The van der Waals surface area contributed by atoms with Crippen LogP contribution in [0.2, 0.25) is 0 Å². The van der Waals surface area contributed by atoms with Crippen molar-refractivity contribution in [3.05, 3.63) is 17.7 Å². The maximum atomic E-state index is 11.6. The molecule has 1 heterocycles. The number of ether oxygens (including phenoxy) is 3. The van der Waals surface area contributed by atoms with Crippen molar-refractivity contribution < 1.29 is 19.0 Å². The third kappa shape index (κ3) is 2.58. The van der Waals surface area contributed by atoms with Gasteiger partial charge in [0.15, 0.2) is 11.5 Å². The number of nitrogens with one attached hydrogen (secondary N) is 1. The number of hydrogen-bond donors (Lipinski definition) is 1. The Labute approximate surface area is 116 Å². The van der Waals surface area contributed by atoms with Crippen LogP contribution in [0.15, 0.2) is 12.1 Å². The lowest BCUT2D eigenvalue weighted by molar-refractivity contribution is -0.119. The molecule has 1 fully saturated rings. The molecule has 2 atom stereocenters. The third-order valence-corrected chi connectivity index (χ3v) is 4.26. The lowest BCUT2D eigenvalue weighted by atomic mass is 10.1. The summed E-state index contributed by atoms with van der Waals surface area (Å²) in [5.41, 5.74) is 0.928. The number of thioether (sulfide) groups is 1. The summed E-state index contributed by atoms with van der Waals surface area (Å²) in [6.07, 6.45) is 0. The maximum Gasteiger partial charge on any atom is 0.234 e. The van der Waals surface area contributed by atoms with E-state index < -0.39 is 0 Å². The number of amides is 1. The van der Waals surface area contributed by atoms with Crippen LogP contribution in [0, 0.1) is 0 Å². The Balaban J connectivity index is 2.39. The van der Waals surface area contributed by atoms with Crippen molar-refractivity contribution in [1.29, 1.82) is 0 Å². The van der Waals surface area contributed by atoms with Gasteiger partial charge in [-0.1, -0.05) is 0 Å². The Hall–Kier alpha value is -1.56. The summed E-state index contributed by atoms with van der Waals surface area (Å²) in [6.45, 7) is 1.89. The highest BCUT2D eigenvalue weighted by Gasteiger charge is 2.31. The predicted molar refractivity (Wildman–Crippen MR) is 74.0 cm³/mol. The minimum atomic E-state index is -0.0868. The van der Waals surface area contributed by atoms with Crippen LogP contribution in [0.3, 0.4) is 0 Å². The van der Waals surface area contributed by atoms with E-state index in [-0.39, 0.29) is 16.5 Å². The van der Waals surface area contributed by atoms with E-state index >= 15 is 0 Å². The van der Waals surface area contributed by atoms with E-state index in [2.05, 4.69) is 5.32 Å². The molecule has 0 unspecified atom stereocenters. The molecule has 0 bridgehead atoms. The average Bonchev–Trinajstić information content (AvgIpc) is 2.76. The first kappa shape index (κ1) is 13.9. The van der Waals surface area contributed by atoms with Gasteiger partial charge in [-0.25, -0.2) is 0 Å².